The summed E-state index contributed by atoms with van der Waals surface area (Å²) in [4.78, 5) is 18.4. The van der Waals surface area contributed by atoms with E-state index in [-0.39, 0.29) is 30.0 Å². The molecule has 0 saturated carbocycles. The number of piperazine rings is 1. The molecular formula is C22H28ClN3O4S2. The lowest BCUT2D eigenvalue weighted by Gasteiger charge is -2.35. The molecule has 1 aromatic heterocycles. The third-order valence-electron chi connectivity index (χ3n) is 5.85. The molecule has 10 heteroatoms. The Bertz CT molecular complexity index is 985. The predicted octanol–water partition coefficient (Wildman–Crippen LogP) is 2.92. The van der Waals surface area contributed by atoms with E-state index < -0.39 is 10.0 Å². The van der Waals surface area contributed by atoms with Gasteiger partial charge in [0.2, 0.25) is 15.9 Å². The number of nitrogens with zero attached hydrogens (tertiary/aromatic N) is 3. The van der Waals surface area contributed by atoms with Gasteiger partial charge in [-0.15, -0.1) is 11.3 Å². The molecule has 4 rings (SSSR count). The minimum Gasteiger partial charge on any atom is -0.377 e. The number of amides is 1. The van der Waals surface area contributed by atoms with Crippen LogP contribution in [0.1, 0.15) is 17.7 Å². The van der Waals surface area contributed by atoms with Crippen molar-refractivity contribution in [3.05, 3.63) is 51.7 Å². The molecule has 2 saturated heterocycles. The van der Waals surface area contributed by atoms with Crippen LogP contribution < -0.4 is 0 Å². The Morgan fingerprint density at radius 2 is 1.91 bits per heavy atom. The monoisotopic (exact) mass is 497 g/mol. The minimum atomic E-state index is -3.59. The maximum Gasteiger partial charge on any atom is 0.243 e. The summed E-state index contributed by atoms with van der Waals surface area (Å²) in [5, 5.41) is 2.54. The second-order valence-electron chi connectivity index (χ2n) is 8.12. The Labute approximate surface area is 198 Å². The zero-order valence-electron chi connectivity index (χ0n) is 17.9. The fourth-order valence-electron chi connectivity index (χ4n) is 4.11. The summed E-state index contributed by atoms with van der Waals surface area (Å²) in [7, 11) is -3.59. The molecule has 3 heterocycles. The highest BCUT2D eigenvalue weighted by Gasteiger charge is 2.31. The Hall–Kier alpha value is -1.49. The summed E-state index contributed by atoms with van der Waals surface area (Å²) >= 11 is 7.56. The van der Waals surface area contributed by atoms with Crippen molar-refractivity contribution >= 4 is 38.9 Å². The van der Waals surface area contributed by atoms with Crippen LogP contribution in [0.3, 0.4) is 0 Å². The SMILES string of the molecule is O=C(CN(Cc1cccs1)CC1CCCO1)N1CCN(S(=O)(=O)c2ccc(Cl)cc2)CC1. The Morgan fingerprint density at radius 3 is 2.53 bits per heavy atom. The largest absolute Gasteiger partial charge is 0.377 e. The number of hydrogen-bond donors (Lipinski definition) is 0. The zero-order valence-corrected chi connectivity index (χ0v) is 20.2. The van der Waals surface area contributed by atoms with Crippen LogP contribution in [0.25, 0.3) is 0 Å². The Kier molecular flexibility index (Phi) is 7.86. The van der Waals surface area contributed by atoms with Crippen molar-refractivity contribution in [2.24, 2.45) is 0 Å². The number of hydrogen-bond acceptors (Lipinski definition) is 6. The van der Waals surface area contributed by atoms with E-state index in [4.69, 9.17) is 16.3 Å². The number of halogens is 1. The average molecular weight is 498 g/mol. The second kappa shape index (κ2) is 10.6. The standard InChI is InChI=1S/C22H28ClN3O4S2/c23-18-5-7-21(8-6-18)32(28,29)26-11-9-25(10-12-26)22(27)17-24(15-19-3-1-13-30-19)16-20-4-2-14-31-20/h2,4-8,14,19H,1,3,9-13,15-17H2. The summed E-state index contributed by atoms with van der Waals surface area (Å²) in [5.74, 6) is 0.0306. The molecule has 0 spiro atoms. The van der Waals surface area contributed by atoms with Gasteiger partial charge in [-0.3, -0.25) is 9.69 Å². The zero-order chi connectivity index (χ0) is 22.6. The lowest BCUT2D eigenvalue weighted by Crippen LogP contribution is -2.52. The van der Waals surface area contributed by atoms with Crippen LogP contribution in [0.15, 0.2) is 46.7 Å². The molecule has 2 aliphatic heterocycles. The van der Waals surface area contributed by atoms with Crippen molar-refractivity contribution < 1.29 is 17.9 Å². The van der Waals surface area contributed by atoms with Gasteiger partial charge < -0.3 is 9.64 Å². The lowest BCUT2D eigenvalue weighted by atomic mass is 10.2. The Morgan fingerprint density at radius 1 is 1.16 bits per heavy atom. The molecule has 1 amide bonds. The third-order valence-corrected chi connectivity index (χ3v) is 8.87. The molecule has 0 radical (unpaired) electrons. The van der Waals surface area contributed by atoms with Crippen LogP contribution in [0.4, 0.5) is 0 Å². The highest BCUT2D eigenvalue weighted by molar-refractivity contribution is 7.89. The number of sulfonamides is 1. The molecule has 1 atom stereocenters. The first-order valence-corrected chi connectivity index (χ1v) is 13.5. The summed E-state index contributed by atoms with van der Waals surface area (Å²) < 4.78 is 33.0. The van der Waals surface area contributed by atoms with Gasteiger partial charge >= 0.3 is 0 Å². The van der Waals surface area contributed by atoms with Gasteiger partial charge in [-0.1, -0.05) is 17.7 Å². The molecule has 2 fully saturated rings. The molecule has 174 valence electrons. The number of carbonyl (C=O) groups is 1. The highest BCUT2D eigenvalue weighted by atomic mass is 35.5. The first-order valence-electron chi connectivity index (χ1n) is 10.8. The van der Waals surface area contributed by atoms with E-state index in [1.54, 1.807) is 28.4 Å². The first kappa shape index (κ1) is 23.7. The van der Waals surface area contributed by atoms with E-state index in [2.05, 4.69) is 11.0 Å². The van der Waals surface area contributed by atoms with E-state index in [0.29, 0.717) is 31.2 Å². The fraction of sp³-hybridized carbons (Fsp3) is 0.500. The van der Waals surface area contributed by atoms with E-state index >= 15 is 0 Å². The molecule has 0 N–H and O–H groups in total. The quantitative estimate of drug-likeness (QED) is 0.561. The average Bonchev–Trinajstić information content (AvgIpc) is 3.48. The summed E-state index contributed by atoms with van der Waals surface area (Å²) in [5.41, 5.74) is 0. The van der Waals surface area contributed by atoms with Crippen LogP contribution in [-0.2, 0) is 26.1 Å². The van der Waals surface area contributed by atoms with E-state index in [1.807, 2.05) is 11.4 Å². The molecule has 0 aliphatic carbocycles. The fourth-order valence-corrected chi connectivity index (χ4v) is 6.40. The smallest absolute Gasteiger partial charge is 0.243 e. The van der Waals surface area contributed by atoms with Gasteiger partial charge in [0.05, 0.1) is 17.5 Å². The van der Waals surface area contributed by atoms with Gasteiger partial charge in [0.25, 0.3) is 0 Å². The number of rotatable bonds is 8. The lowest BCUT2D eigenvalue weighted by molar-refractivity contribution is -0.134. The van der Waals surface area contributed by atoms with Gasteiger partial charge in [0.15, 0.2) is 0 Å². The number of ether oxygens (including phenoxy) is 1. The van der Waals surface area contributed by atoms with Crippen LogP contribution in [-0.4, -0.2) is 80.4 Å². The number of carbonyl (C=O) groups excluding carboxylic acids is 1. The van der Waals surface area contributed by atoms with Gasteiger partial charge in [-0.2, -0.15) is 4.31 Å². The number of thiophene rings is 1. The molecule has 7 nitrogen and oxygen atoms in total. The number of benzene rings is 1. The summed E-state index contributed by atoms with van der Waals surface area (Å²) in [6.07, 6.45) is 2.26. The van der Waals surface area contributed by atoms with Crippen LogP contribution in [0, 0.1) is 0 Å². The second-order valence-corrected chi connectivity index (χ2v) is 11.5. The van der Waals surface area contributed by atoms with E-state index in [1.165, 1.54) is 21.3 Å². The molecule has 32 heavy (non-hydrogen) atoms. The topological polar surface area (TPSA) is 70.2 Å². The van der Waals surface area contributed by atoms with Crippen molar-refractivity contribution in [3.8, 4) is 0 Å². The van der Waals surface area contributed by atoms with Gasteiger partial charge in [0.1, 0.15) is 0 Å². The summed E-state index contributed by atoms with van der Waals surface area (Å²) in [6, 6.07) is 10.3. The minimum absolute atomic E-state index is 0.0306. The van der Waals surface area contributed by atoms with Crippen molar-refractivity contribution in [1.82, 2.24) is 14.1 Å². The van der Waals surface area contributed by atoms with Gasteiger partial charge in [0, 0.05) is 55.8 Å². The van der Waals surface area contributed by atoms with E-state index in [0.717, 1.165) is 26.0 Å². The van der Waals surface area contributed by atoms with Crippen LogP contribution in [0.2, 0.25) is 5.02 Å². The summed E-state index contributed by atoms with van der Waals surface area (Å²) in [6.45, 7) is 3.89. The predicted molar refractivity (Wildman–Crippen MR) is 125 cm³/mol. The molecule has 2 aliphatic rings. The van der Waals surface area contributed by atoms with Gasteiger partial charge in [-0.25, -0.2) is 8.42 Å². The van der Waals surface area contributed by atoms with Gasteiger partial charge in [-0.05, 0) is 48.6 Å². The molecular weight excluding hydrogens is 470 g/mol. The first-order chi connectivity index (χ1) is 15.4. The maximum atomic E-state index is 13.0. The molecule has 2 aromatic rings. The Balaban J connectivity index is 1.34. The van der Waals surface area contributed by atoms with Crippen molar-refractivity contribution in [1.29, 1.82) is 0 Å². The van der Waals surface area contributed by atoms with Crippen molar-refractivity contribution in [2.45, 2.75) is 30.4 Å². The maximum absolute atomic E-state index is 13.0. The molecule has 1 aromatic carbocycles. The normalized spacial score (nSPS) is 20.2. The molecule has 1 unspecified atom stereocenters. The van der Waals surface area contributed by atoms with Crippen LogP contribution in [0.5, 0.6) is 0 Å². The molecule has 0 bridgehead atoms. The van der Waals surface area contributed by atoms with E-state index in [9.17, 15) is 13.2 Å². The van der Waals surface area contributed by atoms with Crippen LogP contribution >= 0.6 is 22.9 Å². The highest BCUT2D eigenvalue weighted by Crippen LogP contribution is 2.21. The van der Waals surface area contributed by atoms with Crippen molar-refractivity contribution in [2.75, 3.05) is 45.9 Å². The third kappa shape index (κ3) is 5.89. The van der Waals surface area contributed by atoms with Crippen molar-refractivity contribution in [3.63, 3.8) is 0 Å².